The van der Waals surface area contributed by atoms with E-state index in [9.17, 15) is 18.4 Å². The quantitative estimate of drug-likeness (QED) is 0.747. The van der Waals surface area contributed by atoms with Crippen LogP contribution in [0.4, 0.5) is 14.6 Å². The number of aromatic amines is 1. The Morgan fingerprint density at radius 1 is 1.62 bits per heavy atom. The molecule has 0 bridgehead atoms. The number of nitrogens with two attached hydrogens (primary N) is 1. The first-order valence-corrected chi connectivity index (χ1v) is 4.32. The highest BCUT2D eigenvalue weighted by atomic mass is 19.3. The fourth-order valence-corrected chi connectivity index (χ4v) is 1.26. The van der Waals surface area contributed by atoms with Gasteiger partial charge in [0.25, 0.3) is 12.0 Å². The van der Waals surface area contributed by atoms with Gasteiger partial charge in [-0.2, -0.15) is 0 Å². The number of hydrogen-bond acceptors (Lipinski definition) is 4. The molecule has 1 aromatic heterocycles. The average molecular weight is 232 g/mol. The third kappa shape index (κ3) is 2.56. The topological polar surface area (TPSA) is 85.2 Å². The van der Waals surface area contributed by atoms with Gasteiger partial charge in [0.05, 0.1) is 19.1 Å². The number of alkyl halides is 2. The molecule has 0 aliphatic heterocycles. The number of nitrogen functional groups attached to an aromatic ring is 1. The lowest BCUT2D eigenvalue weighted by Crippen LogP contribution is -2.20. The van der Waals surface area contributed by atoms with E-state index in [2.05, 4.69) is 4.74 Å². The van der Waals surface area contributed by atoms with Crippen molar-refractivity contribution < 1.29 is 18.3 Å². The number of aromatic nitrogens is 1. The molecule has 1 rings (SSSR count). The monoisotopic (exact) mass is 232 g/mol. The smallest absolute Gasteiger partial charge is 0.309 e. The molecule has 16 heavy (non-hydrogen) atoms. The molecule has 1 aromatic rings. The Balaban J connectivity index is 3.24. The lowest BCUT2D eigenvalue weighted by Gasteiger charge is -2.07. The lowest BCUT2D eigenvalue weighted by molar-refractivity contribution is -0.139. The molecule has 3 N–H and O–H groups in total. The van der Waals surface area contributed by atoms with Gasteiger partial charge in [-0.25, -0.2) is 8.78 Å². The van der Waals surface area contributed by atoms with E-state index in [1.54, 1.807) is 0 Å². The molecule has 0 saturated carbocycles. The molecule has 0 atom stereocenters. The highest BCUT2D eigenvalue weighted by Crippen LogP contribution is 2.20. The highest BCUT2D eigenvalue weighted by Gasteiger charge is 2.20. The zero-order chi connectivity index (χ0) is 12.3. The number of methoxy groups -OCH3 is 1. The Bertz CT molecular complexity index is 457. The van der Waals surface area contributed by atoms with Gasteiger partial charge in [-0.1, -0.05) is 0 Å². The molecule has 0 aliphatic rings. The van der Waals surface area contributed by atoms with Gasteiger partial charge < -0.3 is 15.5 Å². The number of pyridine rings is 1. The number of carbonyl (C=O) groups is 1. The van der Waals surface area contributed by atoms with Crippen molar-refractivity contribution in [1.29, 1.82) is 0 Å². The van der Waals surface area contributed by atoms with E-state index in [1.807, 2.05) is 4.98 Å². The number of hydrogen-bond donors (Lipinski definition) is 2. The van der Waals surface area contributed by atoms with E-state index in [0.29, 0.717) is 0 Å². The highest BCUT2D eigenvalue weighted by molar-refractivity contribution is 5.73. The summed E-state index contributed by atoms with van der Waals surface area (Å²) >= 11 is 0. The SMILES string of the molecule is COC(=O)Cc1cc(N)[nH]c(=O)c1C(F)F. The number of anilines is 1. The van der Waals surface area contributed by atoms with Gasteiger partial charge in [0.1, 0.15) is 5.82 Å². The van der Waals surface area contributed by atoms with Crippen LogP contribution < -0.4 is 11.3 Å². The van der Waals surface area contributed by atoms with Gasteiger partial charge in [0.2, 0.25) is 0 Å². The number of halogens is 2. The number of rotatable bonds is 3. The standard InChI is InChI=1S/C9H10F2N2O3/c1-16-6(14)3-4-2-5(12)13-9(15)7(4)8(10)11/h2,8H,3H2,1H3,(H3,12,13,15). The lowest BCUT2D eigenvalue weighted by atomic mass is 10.1. The molecule has 0 spiro atoms. The van der Waals surface area contributed by atoms with Crippen LogP contribution in [-0.4, -0.2) is 18.1 Å². The van der Waals surface area contributed by atoms with Crippen LogP contribution in [0, 0.1) is 0 Å². The van der Waals surface area contributed by atoms with Crippen molar-refractivity contribution in [1.82, 2.24) is 4.98 Å². The second-order valence-electron chi connectivity index (χ2n) is 3.05. The molecule has 0 radical (unpaired) electrons. The first kappa shape index (κ1) is 12.2. The van der Waals surface area contributed by atoms with Crippen LogP contribution in [0.1, 0.15) is 17.6 Å². The first-order valence-electron chi connectivity index (χ1n) is 4.32. The van der Waals surface area contributed by atoms with E-state index in [-0.39, 0.29) is 11.4 Å². The van der Waals surface area contributed by atoms with Gasteiger partial charge in [0.15, 0.2) is 0 Å². The second-order valence-corrected chi connectivity index (χ2v) is 3.05. The third-order valence-electron chi connectivity index (χ3n) is 1.96. The minimum absolute atomic E-state index is 0.0756. The van der Waals surface area contributed by atoms with Crippen molar-refractivity contribution in [2.24, 2.45) is 0 Å². The predicted octanol–water partition coefficient (Wildman–Crippen LogP) is 0.610. The number of ether oxygens (including phenoxy) is 1. The van der Waals surface area contributed by atoms with Crippen molar-refractivity contribution >= 4 is 11.8 Å². The summed E-state index contributed by atoms with van der Waals surface area (Å²) < 4.78 is 29.5. The molecule has 1 heterocycles. The van der Waals surface area contributed by atoms with Gasteiger partial charge >= 0.3 is 5.97 Å². The molecule has 0 aromatic carbocycles. The van der Waals surface area contributed by atoms with Crippen molar-refractivity contribution in [3.63, 3.8) is 0 Å². The van der Waals surface area contributed by atoms with Crippen molar-refractivity contribution in [3.8, 4) is 0 Å². The fraction of sp³-hybridized carbons (Fsp3) is 0.333. The maximum Gasteiger partial charge on any atom is 0.309 e. The summed E-state index contributed by atoms with van der Waals surface area (Å²) in [4.78, 5) is 24.2. The summed E-state index contributed by atoms with van der Waals surface area (Å²) in [5.74, 6) is -0.791. The number of H-pyrrole nitrogens is 1. The van der Waals surface area contributed by atoms with Crippen LogP contribution >= 0.6 is 0 Å². The molecule has 88 valence electrons. The molecule has 5 nitrogen and oxygen atoms in total. The maximum absolute atomic E-state index is 12.6. The van der Waals surface area contributed by atoms with Gasteiger partial charge in [-0.3, -0.25) is 9.59 Å². The van der Waals surface area contributed by atoms with Crippen LogP contribution in [0.2, 0.25) is 0 Å². The zero-order valence-corrected chi connectivity index (χ0v) is 8.42. The Labute approximate surface area is 89.2 Å². The molecular weight excluding hydrogens is 222 g/mol. The van der Waals surface area contributed by atoms with E-state index in [4.69, 9.17) is 5.73 Å². The largest absolute Gasteiger partial charge is 0.469 e. The van der Waals surface area contributed by atoms with Crippen LogP contribution in [0.5, 0.6) is 0 Å². The summed E-state index contributed by atoms with van der Waals surface area (Å²) in [6.07, 6.45) is -3.38. The van der Waals surface area contributed by atoms with Crippen LogP contribution in [0.25, 0.3) is 0 Å². The summed E-state index contributed by atoms with van der Waals surface area (Å²) in [5.41, 5.74) is 3.43. The minimum atomic E-state index is -2.97. The molecular formula is C9H10F2N2O3. The van der Waals surface area contributed by atoms with Crippen LogP contribution in [-0.2, 0) is 16.0 Å². The second kappa shape index (κ2) is 4.73. The van der Waals surface area contributed by atoms with Crippen molar-refractivity contribution in [2.75, 3.05) is 12.8 Å². The summed E-state index contributed by atoms with van der Waals surface area (Å²) in [6.45, 7) is 0. The van der Waals surface area contributed by atoms with E-state index in [1.165, 1.54) is 0 Å². The number of esters is 1. The maximum atomic E-state index is 12.6. The summed E-state index contributed by atoms with van der Waals surface area (Å²) in [7, 11) is 1.13. The average Bonchev–Trinajstić information content (AvgIpc) is 2.15. The van der Waals surface area contributed by atoms with Crippen LogP contribution in [0.15, 0.2) is 10.9 Å². The van der Waals surface area contributed by atoms with Gasteiger partial charge in [-0.15, -0.1) is 0 Å². The fourth-order valence-electron chi connectivity index (χ4n) is 1.26. The van der Waals surface area contributed by atoms with Crippen LogP contribution in [0.3, 0.4) is 0 Å². The molecule has 7 heteroatoms. The summed E-state index contributed by atoms with van der Waals surface area (Å²) in [5, 5.41) is 0. The van der Waals surface area contributed by atoms with E-state index < -0.39 is 29.9 Å². The number of nitrogens with one attached hydrogen (secondary N) is 1. The van der Waals surface area contributed by atoms with Gasteiger partial charge in [-0.05, 0) is 11.6 Å². The Morgan fingerprint density at radius 3 is 2.75 bits per heavy atom. The van der Waals surface area contributed by atoms with Crippen molar-refractivity contribution in [3.05, 3.63) is 27.5 Å². The van der Waals surface area contributed by atoms with E-state index >= 15 is 0 Å². The molecule has 0 fully saturated rings. The minimum Gasteiger partial charge on any atom is -0.469 e. The normalized spacial score (nSPS) is 10.5. The number of carbonyl (C=O) groups excluding carboxylic acids is 1. The zero-order valence-electron chi connectivity index (χ0n) is 8.42. The Kier molecular flexibility index (Phi) is 3.60. The molecule has 0 aliphatic carbocycles. The van der Waals surface area contributed by atoms with Crippen molar-refractivity contribution in [2.45, 2.75) is 12.8 Å². The summed E-state index contributed by atoms with van der Waals surface area (Å²) in [6, 6.07) is 1.12. The molecule has 0 unspecified atom stereocenters. The molecule has 0 amide bonds. The predicted molar refractivity (Wildman–Crippen MR) is 52.2 cm³/mol. The molecule has 0 saturated heterocycles. The third-order valence-corrected chi connectivity index (χ3v) is 1.96. The first-order chi connectivity index (χ1) is 7.45. The van der Waals surface area contributed by atoms with Gasteiger partial charge in [0, 0.05) is 0 Å². The Morgan fingerprint density at radius 2 is 2.25 bits per heavy atom. The van der Waals surface area contributed by atoms with E-state index in [0.717, 1.165) is 13.2 Å². The Hall–Kier alpha value is -1.92.